The van der Waals surface area contributed by atoms with Gasteiger partial charge in [0.15, 0.2) is 0 Å². The summed E-state index contributed by atoms with van der Waals surface area (Å²) in [7, 11) is 1.93. The molecule has 0 aliphatic carbocycles. The van der Waals surface area contributed by atoms with Crippen molar-refractivity contribution in [1.29, 1.82) is 0 Å². The Balaban J connectivity index is 2.45. The van der Waals surface area contributed by atoms with Crippen molar-refractivity contribution in [3.63, 3.8) is 0 Å². The Bertz CT molecular complexity index is 241. The van der Waals surface area contributed by atoms with E-state index in [4.69, 9.17) is 5.73 Å². The average Bonchev–Trinajstić information content (AvgIpc) is 2.31. The minimum atomic E-state index is 0.726. The van der Waals surface area contributed by atoms with Crippen molar-refractivity contribution < 1.29 is 0 Å². The lowest BCUT2D eigenvalue weighted by atomic mass is 10.4. The average molecular weight is 168 g/mol. The van der Waals surface area contributed by atoms with Crippen molar-refractivity contribution in [3.8, 4) is 0 Å². The zero-order chi connectivity index (χ0) is 8.97. The summed E-state index contributed by atoms with van der Waals surface area (Å²) in [6, 6.07) is 2.02. The molecule has 0 unspecified atom stereocenters. The van der Waals surface area contributed by atoms with Crippen molar-refractivity contribution in [3.05, 3.63) is 11.8 Å². The molecule has 0 spiro atoms. The SMILES string of the molecule is Cc1cc(NCCCN)n(C)n1. The minimum absolute atomic E-state index is 0.726. The van der Waals surface area contributed by atoms with E-state index < -0.39 is 0 Å². The van der Waals surface area contributed by atoms with Crippen molar-refractivity contribution in [2.24, 2.45) is 12.8 Å². The zero-order valence-electron chi connectivity index (χ0n) is 7.67. The molecule has 0 radical (unpaired) electrons. The van der Waals surface area contributed by atoms with Crippen molar-refractivity contribution in [2.45, 2.75) is 13.3 Å². The molecule has 12 heavy (non-hydrogen) atoms. The number of nitrogens with zero attached hydrogens (tertiary/aromatic N) is 2. The second-order valence-corrected chi connectivity index (χ2v) is 2.86. The Morgan fingerprint density at radius 3 is 2.92 bits per heavy atom. The van der Waals surface area contributed by atoms with Crippen LogP contribution in [0.4, 0.5) is 5.82 Å². The van der Waals surface area contributed by atoms with Gasteiger partial charge < -0.3 is 11.1 Å². The highest BCUT2D eigenvalue weighted by molar-refractivity contribution is 5.36. The Labute approximate surface area is 72.8 Å². The number of anilines is 1. The normalized spacial score (nSPS) is 10.2. The van der Waals surface area contributed by atoms with Gasteiger partial charge in [0, 0.05) is 19.7 Å². The summed E-state index contributed by atoms with van der Waals surface area (Å²) in [5.41, 5.74) is 6.41. The maximum Gasteiger partial charge on any atom is 0.124 e. The first-order valence-electron chi connectivity index (χ1n) is 4.18. The van der Waals surface area contributed by atoms with Gasteiger partial charge in [0.1, 0.15) is 5.82 Å². The molecule has 4 nitrogen and oxygen atoms in total. The molecular formula is C8H16N4. The molecule has 1 aromatic rings. The quantitative estimate of drug-likeness (QED) is 0.643. The van der Waals surface area contributed by atoms with Gasteiger partial charge in [-0.05, 0) is 19.9 Å². The molecule has 1 heterocycles. The molecule has 1 rings (SSSR count). The van der Waals surface area contributed by atoms with Gasteiger partial charge in [0.2, 0.25) is 0 Å². The number of rotatable bonds is 4. The van der Waals surface area contributed by atoms with Gasteiger partial charge in [0.25, 0.3) is 0 Å². The molecule has 0 amide bonds. The molecule has 0 bridgehead atoms. The van der Waals surface area contributed by atoms with E-state index >= 15 is 0 Å². The lowest BCUT2D eigenvalue weighted by Gasteiger charge is -2.03. The number of aryl methyl sites for hydroxylation is 2. The van der Waals surface area contributed by atoms with E-state index in [1.807, 2.05) is 24.7 Å². The summed E-state index contributed by atoms with van der Waals surface area (Å²) in [6.45, 7) is 3.62. The molecule has 0 atom stereocenters. The Morgan fingerprint density at radius 1 is 1.67 bits per heavy atom. The molecule has 0 saturated heterocycles. The number of hydrogen-bond acceptors (Lipinski definition) is 3. The fourth-order valence-corrected chi connectivity index (χ4v) is 1.09. The molecule has 4 heteroatoms. The first-order valence-corrected chi connectivity index (χ1v) is 4.18. The molecule has 0 aliphatic heterocycles. The smallest absolute Gasteiger partial charge is 0.124 e. The highest BCUT2D eigenvalue weighted by atomic mass is 15.3. The third-order valence-electron chi connectivity index (χ3n) is 1.69. The standard InChI is InChI=1S/C8H16N4/c1-7-6-8(12(2)11-7)10-5-3-4-9/h6,10H,3-5,9H2,1-2H3. The molecule has 68 valence electrons. The van der Waals surface area contributed by atoms with E-state index in [9.17, 15) is 0 Å². The summed E-state index contributed by atoms with van der Waals surface area (Å²) >= 11 is 0. The molecule has 0 aromatic carbocycles. The first kappa shape index (κ1) is 9.06. The number of hydrogen-bond donors (Lipinski definition) is 2. The van der Waals surface area contributed by atoms with E-state index in [1.54, 1.807) is 0 Å². The number of nitrogens with two attached hydrogens (primary N) is 1. The summed E-state index contributed by atoms with van der Waals surface area (Å²) in [5.74, 6) is 1.06. The van der Waals surface area contributed by atoms with Crippen LogP contribution in [0.25, 0.3) is 0 Å². The Hall–Kier alpha value is -1.03. The Morgan fingerprint density at radius 2 is 2.42 bits per heavy atom. The summed E-state index contributed by atoms with van der Waals surface area (Å²) < 4.78 is 1.84. The first-order chi connectivity index (χ1) is 5.74. The largest absolute Gasteiger partial charge is 0.370 e. The number of nitrogens with one attached hydrogen (secondary N) is 1. The predicted molar refractivity (Wildman–Crippen MR) is 50.1 cm³/mol. The van der Waals surface area contributed by atoms with Crippen LogP contribution in [0.15, 0.2) is 6.07 Å². The van der Waals surface area contributed by atoms with E-state index in [1.165, 1.54) is 0 Å². The van der Waals surface area contributed by atoms with Crippen LogP contribution >= 0.6 is 0 Å². The Kier molecular flexibility index (Phi) is 3.10. The second kappa shape index (κ2) is 4.11. The summed E-state index contributed by atoms with van der Waals surface area (Å²) in [6.07, 6.45) is 0.990. The van der Waals surface area contributed by atoms with E-state index in [2.05, 4.69) is 10.4 Å². The molecule has 0 fully saturated rings. The fourth-order valence-electron chi connectivity index (χ4n) is 1.09. The van der Waals surface area contributed by atoms with E-state index in [-0.39, 0.29) is 0 Å². The van der Waals surface area contributed by atoms with Crippen LogP contribution in [0.3, 0.4) is 0 Å². The van der Waals surface area contributed by atoms with Crippen LogP contribution < -0.4 is 11.1 Å². The van der Waals surface area contributed by atoms with Gasteiger partial charge in [-0.25, -0.2) is 0 Å². The predicted octanol–water partition coefficient (Wildman–Crippen LogP) is 0.489. The molecule has 3 N–H and O–H groups in total. The van der Waals surface area contributed by atoms with Crippen LogP contribution in [0.5, 0.6) is 0 Å². The van der Waals surface area contributed by atoms with Crippen LogP contribution in [0, 0.1) is 6.92 Å². The van der Waals surface area contributed by atoms with Crippen molar-refractivity contribution in [1.82, 2.24) is 9.78 Å². The van der Waals surface area contributed by atoms with Crippen LogP contribution in [-0.4, -0.2) is 22.9 Å². The number of aromatic nitrogens is 2. The molecule has 1 aromatic heterocycles. The van der Waals surface area contributed by atoms with Gasteiger partial charge >= 0.3 is 0 Å². The van der Waals surface area contributed by atoms with Gasteiger partial charge in [-0.2, -0.15) is 5.10 Å². The van der Waals surface area contributed by atoms with E-state index in [0.717, 1.165) is 31.0 Å². The summed E-state index contributed by atoms with van der Waals surface area (Å²) in [5, 5.41) is 7.47. The lowest BCUT2D eigenvalue weighted by Crippen LogP contribution is -2.10. The topological polar surface area (TPSA) is 55.9 Å². The van der Waals surface area contributed by atoms with E-state index in [0.29, 0.717) is 0 Å². The molecular weight excluding hydrogens is 152 g/mol. The lowest BCUT2D eigenvalue weighted by molar-refractivity contribution is 0.752. The molecule has 0 aliphatic rings. The minimum Gasteiger partial charge on any atom is -0.370 e. The second-order valence-electron chi connectivity index (χ2n) is 2.86. The van der Waals surface area contributed by atoms with Gasteiger partial charge in [0.05, 0.1) is 5.69 Å². The highest BCUT2D eigenvalue weighted by Crippen LogP contribution is 2.06. The van der Waals surface area contributed by atoms with Crippen molar-refractivity contribution >= 4 is 5.82 Å². The van der Waals surface area contributed by atoms with Crippen LogP contribution in [0.2, 0.25) is 0 Å². The maximum atomic E-state index is 5.37. The third kappa shape index (κ3) is 2.23. The van der Waals surface area contributed by atoms with Gasteiger partial charge in [-0.1, -0.05) is 0 Å². The van der Waals surface area contributed by atoms with Crippen LogP contribution in [0.1, 0.15) is 12.1 Å². The highest BCUT2D eigenvalue weighted by Gasteiger charge is 1.98. The third-order valence-corrected chi connectivity index (χ3v) is 1.69. The van der Waals surface area contributed by atoms with Gasteiger partial charge in [-0.15, -0.1) is 0 Å². The summed E-state index contributed by atoms with van der Waals surface area (Å²) in [4.78, 5) is 0. The fraction of sp³-hybridized carbons (Fsp3) is 0.625. The van der Waals surface area contributed by atoms with Crippen molar-refractivity contribution in [2.75, 3.05) is 18.4 Å². The van der Waals surface area contributed by atoms with Crippen LogP contribution in [-0.2, 0) is 7.05 Å². The zero-order valence-corrected chi connectivity index (χ0v) is 7.67. The molecule has 0 saturated carbocycles. The monoisotopic (exact) mass is 168 g/mol. The van der Waals surface area contributed by atoms with Gasteiger partial charge in [-0.3, -0.25) is 4.68 Å². The maximum absolute atomic E-state index is 5.37.